The van der Waals surface area contributed by atoms with Crippen molar-refractivity contribution in [3.63, 3.8) is 0 Å². The highest BCUT2D eigenvalue weighted by Crippen LogP contribution is 2.34. The number of benzene rings is 1. The minimum absolute atomic E-state index is 0.120. The normalized spacial score (nSPS) is 17.5. The number of ether oxygens (including phenoxy) is 1. The van der Waals surface area contributed by atoms with Crippen LogP contribution in [0.25, 0.3) is 0 Å². The maximum atomic E-state index is 11.5. The fourth-order valence-corrected chi connectivity index (χ4v) is 1.76. The molecule has 1 heterocycles. The lowest BCUT2D eigenvalue weighted by molar-refractivity contribution is 0.184. The lowest BCUT2D eigenvalue weighted by atomic mass is 10.3. The van der Waals surface area contributed by atoms with E-state index in [2.05, 4.69) is 0 Å². The van der Waals surface area contributed by atoms with E-state index in [1.807, 2.05) is 6.07 Å². The molecule has 7 heteroatoms. The van der Waals surface area contributed by atoms with Crippen molar-refractivity contribution in [2.75, 3.05) is 6.54 Å². The topological polar surface area (TPSA) is 53.1 Å². The molecular weight excluding hydrogens is 286 g/mol. The number of carbonyl (C=O) groups excluding carboxylic acids is 1. The highest BCUT2D eigenvalue weighted by molar-refractivity contribution is 6.43. The number of nitriles is 1. The third kappa shape index (κ3) is 2.58. The Kier molecular flexibility index (Phi) is 3.34. The van der Waals surface area contributed by atoms with E-state index in [0.29, 0.717) is 6.54 Å². The molecule has 1 aromatic rings. The molecular formula is C10H5Cl3N2O2. The van der Waals surface area contributed by atoms with Gasteiger partial charge >= 0.3 is 6.09 Å². The zero-order valence-corrected chi connectivity index (χ0v) is 10.6. The van der Waals surface area contributed by atoms with Crippen LogP contribution in [0.2, 0.25) is 15.1 Å². The Morgan fingerprint density at radius 1 is 1.35 bits per heavy atom. The van der Waals surface area contributed by atoms with E-state index < -0.39 is 12.1 Å². The standard InChI is InChI=1S/C10H5Cl3N2O2/c11-6-1-8(13)9(2-7(6)12)17-10(16)15-4-5(15)3-14/h1-2,5H,4H2. The summed E-state index contributed by atoms with van der Waals surface area (Å²) in [5.41, 5.74) is 0. The highest BCUT2D eigenvalue weighted by Gasteiger charge is 2.40. The molecule has 0 radical (unpaired) electrons. The largest absolute Gasteiger partial charge is 0.416 e. The smallest absolute Gasteiger partial charge is 0.409 e. The molecule has 1 unspecified atom stereocenters. The second-order valence-electron chi connectivity index (χ2n) is 3.36. The monoisotopic (exact) mass is 290 g/mol. The van der Waals surface area contributed by atoms with Gasteiger partial charge in [0.1, 0.15) is 6.04 Å². The van der Waals surface area contributed by atoms with Gasteiger partial charge in [0.15, 0.2) is 5.75 Å². The molecule has 4 nitrogen and oxygen atoms in total. The fourth-order valence-electron chi connectivity index (χ4n) is 1.19. The van der Waals surface area contributed by atoms with Crippen LogP contribution in [0.4, 0.5) is 4.79 Å². The maximum absolute atomic E-state index is 11.5. The molecule has 2 rings (SSSR count). The first-order valence-corrected chi connectivity index (χ1v) is 5.69. The summed E-state index contributed by atoms with van der Waals surface area (Å²) < 4.78 is 5.00. The first-order valence-electron chi connectivity index (χ1n) is 4.55. The van der Waals surface area contributed by atoms with Crippen LogP contribution in [0.15, 0.2) is 12.1 Å². The number of hydrogen-bond donors (Lipinski definition) is 0. The Bertz CT molecular complexity index is 527. The van der Waals surface area contributed by atoms with Gasteiger partial charge in [0.2, 0.25) is 0 Å². The molecule has 0 bridgehead atoms. The second kappa shape index (κ2) is 4.61. The summed E-state index contributed by atoms with van der Waals surface area (Å²) >= 11 is 17.3. The number of amides is 1. The van der Waals surface area contributed by atoms with Gasteiger partial charge in [-0.25, -0.2) is 4.79 Å². The van der Waals surface area contributed by atoms with E-state index in [1.165, 1.54) is 17.0 Å². The SMILES string of the molecule is N#CC1CN1C(=O)Oc1cc(Cl)c(Cl)cc1Cl. The average Bonchev–Trinajstić information content (AvgIpc) is 3.05. The van der Waals surface area contributed by atoms with Gasteiger partial charge in [-0.1, -0.05) is 34.8 Å². The lowest BCUT2D eigenvalue weighted by Gasteiger charge is -2.07. The molecule has 0 saturated carbocycles. The third-order valence-electron chi connectivity index (χ3n) is 2.17. The number of rotatable bonds is 1. The van der Waals surface area contributed by atoms with Crippen LogP contribution in [-0.4, -0.2) is 23.6 Å². The van der Waals surface area contributed by atoms with Gasteiger partial charge in [-0.2, -0.15) is 5.26 Å². The Morgan fingerprint density at radius 3 is 2.59 bits per heavy atom. The van der Waals surface area contributed by atoms with Crippen molar-refractivity contribution < 1.29 is 9.53 Å². The fraction of sp³-hybridized carbons (Fsp3) is 0.200. The minimum atomic E-state index is -0.628. The molecule has 1 fully saturated rings. The summed E-state index contributed by atoms with van der Waals surface area (Å²) in [5.74, 6) is 0.120. The van der Waals surface area contributed by atoms with Crippen LogP contribution in [0.5, 0.6) is 5.75 Å². The van der Waals surface area contributed by atoms with E-state index in [4.69, 9.17) is 44.8 Å². The van der Waals surface area contributed by atoms with E-state index in [9.17, 15) is 4.79 Å². The Hall–Kier alpha value is -1.15. The average molecular weight is 292 g/mol. The first kappa shape index (κ1) is 12.3. The van der Waals surface area contributed by atoms with Gasteiger partial charge < -0.3 is 4.74 Å². The van der Waals surface area contributed by atoms with Gasteiger partial charge in [0.05, 0.1) is 27.7 Å². The van der Waals surface area contributed by atoms with Crippen LogP contribution < -0.4 is 4.74 Å². The molecule has 0 spiro atoms. The third-order valence-corrected chi connectivity index (χ3v) is 3.19. The second-order valence-corrected chi connectivity index (χ2v) is 4.58. The molecule has 1 atom stereocenters. The van der Waals surface area contributed by atoms with Crippen molar-refractivity contribution in [2.24, 2.45) is 0 Å². The van der Waals surface area contributed by atoms with Crippen molar-refractivity contribution in [1.29, 1.82) is 5.26 Å². The van der Waals surface area contributed by atoms with Gasteiger partial charge in [-0.05, 0) is 6.07 Å². The van der Waals surface area contributed by atoms with Crippen molar-refractivity contribution in [3.05, 3.63) is 27.2 Å². The maximum Gasteiger partial charge on any atom is 0.416 e. The number of halogens is 3. The van der Waals surface area contributed by atoms with Crippen molar-refractivity contribution in [1.82, 2.24) is 4.90 Å². The number of carbonyl (C=O) groups is 1. The van der Waals surface area contributed by atoms with E-state index in [1.54, 1.807) is 0 Å². The Labute approximate surface area is 112 Å². The molecule has 88 valence electrons. The van der Waals surface area contributed by atoms with Crippen LogP contribution in [0, 0.1) is 11.3 Å². The molecule has 1 amide bonds. The summed E-state index contributed by atoms with van der Waals surface area (Å²) in [5, 5.41) is 9.26. The highest BCUT2D eigenvalue weighted by atomic mass is 35.5. The zero-order chi connectivity index (χ0) is 12.6. The molecule has 0 aromatic heterocycles. The molecule has 1 aromatic carbocycles. The summed E-state index contributed by atoms with van der Waals surface area (Å²) in [6, 6.07) is 4.27. The summed E-state index contributed by atoms with van der Waals surface area (Å²) in [7, 11) is 0. The molecule has 17 heavy (non-hydrogen) atoms. The predicted octanol–water partition coefficient (Wildman–Crippen LogP) is 3.35. The summed E-state index contributed by atoms with van der Waals surface area (Å²) in [4.78, 5) is 12.8. The van der Waals surface area contributed by atoms with Gasteiger partial charge in [0, 0.05) is 6.07 Å². The van der Waals surface area contributed by atoms with Gasteiger partial charge in [-0.3, -0.25) is 4.90 Å². The lowest BCUT2D eigenvalue weighted by Crippen LogP contribution is -2.18. The summed E-state index contributed by atoms with van der Waals surface area (Å²) in [6.45, 7) is 0.369. The van der Waals surface area contributed by atoms with Crippen LogP contribution in [0.1, 0.15) is 0 Å². The van der Waals surface area contributed by atoms with Crippen LogP contribution in [0.3, 0.4) is 0 Å². The Morgan fingerprint density at radius 2 is 2.00 bits per heavy atom. The minimum Gasteiger partial charge on any atom is -0.409 e. The van der Waals surface area contributed by atoms with Crippen LogP contribution in [-0.2, 0) is 0 Å². The molecule has 0 N–H and O–H groups in total. The van der Waals surface area contributed by atoms with Gasteiger partial charge in [0.25, 0.3) is 0 Å². The van der Waals surface area contributed by atoms with Crippen molar-refractivity contribution in [3.8, 4) is 11.8 Å². The zero-order valence-electron chi connectivity index (χ0n) is 8.28. The molecule has 1 saturated heterocycles. The van der Waals surface area contributed by atoms with Crippen LogP contribution >= 0.6 is 34.8 Å². The first-order chi connectivity index (χ1) is 8.02. The summed E-state index contributed by atoms with van der Waals surface area (Å²) in [6.07, 6.45) is -0.628. The quantitative estimate of drug-likeness (QED) is 0.589. The number of hydrogen-bond acceptors (Lipinski definition) is 3. The predicted molar refractivity (Wildman–Crippen MR) is 63.6 cm³/mol. The Balaban J connectivity index is 2.12. The molecule has 1 aliphatic heterocycles. The number of nitrogens with zero attached hydrogens (tertiary/aromatic N) is 2. The van der Waals surface area contributed by atoms with E-state index >= 15 is 0 Å². The molecule has 1 aliphatic rings. The van der Waals surface area contributed by atoms with E-state index in [-0.39, 0.29) is 20.8 Å². The van der Waals surface area contributed by atoms with E-state index in [0.717, 1.165) is 0 Å². The van der Waals surface area contributed by atoms with Crippen molar-refractivity contribution in [2.45, 2.75) is 6.04 Å². The molecule has 0 aliphatic carbocycles. The van der Waals surface area contributed by atoms with Gasteiger partial charge in [-0.15, -0.1) is 0 Å². The van der Waals surface area contributed by atoms with Crippen molar-refractivity contribution >= 4 is 40.9 Å².